The Morgan fingerprint density at radius 2 is 1.44 bits per heavy atom. The van der Waals surface area contributed by atoms with E-state index in [0.29, 0.717) is 22.0 Å². The quantitative estimate of drug-likeness (QED) is 0.0863. The highest BCUT2D eigenvalue weighted by Crippen LogP contribution is 2.37. The van der Waals surface area contributed by atoms with Gasteiger partial charge in [0.15, 0.2) is 0 Å². The molecular formula is C39H31ClN4O3S. The maximum absolute atomic E-state index is 13.6. The lowest BCUT2D eigenvalue weighted by molar-refractivity contribution is -0.116. The van der Waals surface area contributed by atoms with Crippen molar-refractivity contribution in [2.45, 2.75) is 17.1 Å². The van der Waals surface area contributed by atoms with Gasteiger partial charge in [-0.1, -0.05) is 78.3 Å². The minimum Gasteiger partial charge on any atom is -0.361 e. The lowest BCUT2D eigenvalue weighted by Crippen LogP contribution is -2.30. The van der Waals surface area contributed by atoms with Crippen LogP contribution in [0.2, 0.25) is 5.02 Å². The standard InChI is InChI=1S/C39H31ClN4O3S/c1-25-22-30(18-21-33(25)40)43-39(47)36(26-10-4-2-5-11-26)48-31-19-16-29(17-20-31)42-38(46)35(44-37(45)27-12-6-3-7-13-27)23-28-24-41-34-15-9-8-14-32(28)34/h2-24,36,41H,1H3,(H,42,46)(H,43,47)(H,44,45). The van der Waals surface area contributed by atoms with Crippen LogP contribution in [0, 0.1) is 6.92 Å². The first kappa shape index (κ1) is 32.4. The van der Waals surface area contributed by atoms with Gasteiger partial charge in [-0.2, -0.15) is 0 Å². The Bertz CT molecular complexity index is 2110. The maximum atomic E-state index is 13.6. The van der Waals surface area contributed by atoms with Gasteiger partial charge in [-0.05, 0) is 84.8 Å². The number of nitrogens with one attached hydrogen (secondary N) is 4. The van der Waals surface area contributed by atoms with Gasteiger partial charge < -0.3 is 20.9 Å². The van der Waals surface area contributed by atoms with E-state index in [1.165, 1.54) is 11.8 Å². The van der Waals surface area contributed by atoms with Crippen LogP contribution in [0.25, 0.3) is 17.0 Å². The van der Waals surface area contributed by atoms with Crippen molar-refractivity contribution in [1.29, 1.82) is 0 Å². The van der Waals surface area contributed by atoms with Gasteiger partial charge in [0.1, 0.15) is 10.9 Å². The maximum Gasteiger partial charge on any atom is 0.272 e. The van der Waals surface area contributed by atoms with Crippen LogP contribution in [0.15, 0.2) is 144 Å². The Kier molecular flexibility index (Phi) is 10.0. The van der Waals surface area contributed by atoms with E-state index in [9.17, 15) is 14.4 Å². The van der Waals surface area contributed by atoms with Crippen molar-refractivity contribution in [3.05, 3.63) is 167 Å². The Labute approximate surface area is 287 Å². The third-order valence-electron chi connectivity index (χ3n) is 7.58. The molecule has 0 fully saturated rings. The molecule has 5 aromatic carbocycles. The molecule has 48 heavy (non-hydrogen) atoms. The van der Waals surface area contributed by atoms with Crippen LogP contribution in [0.3, 0.4) is 0 Å². The first-order valence-electron chi connectivity index (χ1n) is 15.2. The molecular weight excluding hydrogens is 640 g/mol. The summed E-state index contributed by atoms with van der Waals surface area (Å²) in [5.74, 6) is -1.06. The summed E-state index contributed by atoms with van der Waals surface area (Å²) >= 11 is 7.58. The molecule has 0 radical (unpaired) electrons. The molecule has 0 saturated carbocycles. The number of aromatic amines is 1. The van der Waals surface area contributed by atoms with Crippen LogP contribution in [-0.4, -0.2) is 22.7 Å². The number of thioether (sulfide) groups is 1. The first-order chi connectivity index (χ1) is 23.3. The van der Waals surface area contributed by atoms with Crippen LogP contribution >= 0.6 is 23.4 Å². The van der Waals surface area contributed by atoms with Crippen molar-refractivity contribution < 1.29 is 14.4 Å². The zero-order valence-corrected chi connectivity index (χ0v) is 27.4. The average Bonchev–Trinajstić information content (AvgIpc) is 3.52. The van der Waals surface area contributed by atoms with E-state index < -0.39 is 17.1 Å². The van der Waals surface area contributed by atoms with E-state index in [0.717, 1.165) is 32.5 Å². The fourth-order valence-corrected chi connectivity index (χ4v) is 6.24. The number of benzene rings is 5. The van der Waals surface area contributed by atoms with Gasteiger partial charge >= 0.3 is 0 Å². The molecule has 0 spiro atoms. The lowest BCUT2D eigenvalue weighted by Gasteiger charge is -2.18. The molecule has 0 aliphatic heterocycles. The Balaban J connectivity index is 1.21. The van der Waals surface area contributed by atoms with Gasteiger partial charge in [0, 0.05) is 49.5 Å². The zero-order chi connectivity index (χ0) is 33.5. The molecule has 0 saturated heterocycles. The van der Waals surface area contributed by atoms with Crippen molar-refractivity contribution in [3.63, 3.8) is 0 Å². The third-order valence-corrected chi connectivity index (χ3v) is 9.27. The Morgan fingerprint density at radius 3 is 2.17 bits per heavy atom. The molecule has 0 aliphatic rings. The van der Waals surface area contributed by atoms with E-state index >= 15 is 0 Å². The van der Waals surface area contributed by atoms with E-state index in [1.54, 1.807) is 60.8 Å². The summed E-state index contributed by atoms with van der Waals surface area (Å²) < 4.78 is 0. The van der Waals surface area contributed by atoms with Crippen LogP contribution < -0.4 is 16.0 Å². The smallest absolute Gasteiger partial charge is 0.272 e. The molecule has 0 aliphatic carbocycles. The minimum atomic E-state index is -0.540. The van der Waals surface area contributed by atoms with Crippen molar-refractivity contribution >= 4 is 69.4 Å². The fourth-order valence-electron chi connectivity index (χ4n) is 5.09. The molecule has 6 aromatic rings. The van der Waals surface area contributed by atoms with Gasteiger partial charge in [-0.15, -0.1) is 11.8 Å². The lowest BCUT2D eigenvalue weighted by atomic mass is 10.1. The number of carbonyl (C=O) groups excluding carboxylic acids is 3. The normalized spacial score (nSPS) is 11.9. The SMILES string of the molecule is Cc1cc(NC(=O)C(Sc2ccc(NC(=O)C(=Cc3c[nH]c4ccccc34)NC(=O)c3ccccc3)cc2)c2ccccc2)ccc1Cl. The number of fused-ring (bicyclic) bond motifs is 1. The van der Waals surface area contributed by atoms with E-state index in [-0.39, 0.29) is 11.6 Å². The van der Waals surface area contributed by atoms with Gasteiger partial charge in [-0.25, -0.2) is 0 Å². The average molecular weight is 671 g/mol. The van der Waals surface area contributed by atoms with Crippen molar-refractivity contribution in [3.8, 4) is 0 Å². The summed E-state index contributed by atoms with van der Waals surface area (Å²) in [6, 6.07) is 38.6. The molecule has 3 amide bonds. The monoisotopic (exact) mass is 670 g/mol. The van der Waals surface area contributed by atoms with Crippen molar-refractivity contribution in [2.75, 3.05) is 10.6 Å². The molecule has 1 atom stereocenters. The summed E-state index contributed by atoms with van der Waals surface area (Å²) in [5, 5.41) is 9.72. The highest BCUT2D eigenvalue weighted by molar-refractivity contribution is 8.00. The summed E-state index contributed by atoms with van der Waals surface area (Å²) in [6.45, 7) is 1.89. The number of para-hydroxylation sites is 1. The topological polar surface area (TPSA) is 103 Å². The highest BCUT2D eigenvalue weighted by Gasteiger charge is 2.23. The fraction of sp³-hybridized carbons (Fsp3) is 0.0513. The number of hydrogen-bond acceptors (Lipinski definition) is 4. The van der Waals surface area contributed by atoms with Crippen molar-refractivity contribution in [1.82, 2.24) is 10.3 Å². The number of hydrogen-bond donors (Lipinski definition) is 4. The predicted octanol–water partition coefficient (Wildman–Crippen LogP) is 9.01. The summed E-state index contributed by atoms with van der Waals surface area (Å²) in [7, 11) is 0. The number of aromatic nitrogens is 1. The molecule has 0 bridgehead atoms. The molecule has 4 N–H and O–H groups in total. The number of aryl methyl sites for hydroxylation is 1. The third kappa shape index (κ3) is 7.86. The van der Waals surface area contributed by atoms with Crippen molar-refractivity contribution in [2.24, 2.45) is 0 Å². The predicted molar refractivity (Wildman–Crippen MR) is 195 cm³/mol. The van der Waals surface area contributed by atoms with Crippen LogP contribution in [0.5, 0.6) is 0 Å². The Morgan fingerprint density at radius 1 is 0.771 bits per heavy atom. The second-order valence-corrected chi connectivity index (χ2v) is 12.6. The molecule has 7 nitrogen and oxygen atoms in total. The number of anilines is 2. The Hall–Kier alpha value is -5.57. The van der Waals surface area contributed by atoms with E-state index in [2.05, 4.69) is 20.9 Å². The molecule has 1 heterocycles. The number of rotatable bonds is 10. The summed E-state index contributed by atoms with van der Waals surface area (Å²) in [5.41, 5.74) is 5.11. The molecule has 6 rings (SSSR count). The second-order valence-electron chi connectivity index (χ2n) is 11.0. The second kappa shape index (κ2) is 14.9. The van der Waals surface area contributed by atoms with Gasteiger partial charge in [-0.3, -0.25) is 14.4 Å². The number of halogens is 1. The van der Waals surface area contributed by atoms with Gasteiger partial charge in [0.2, 0.25) is 5.91 Å². The number of H-pyrrole nitrogens is 1. The molecule has 238 valence electrons. The molecule has 9 heteroatoms. The van der Waals surface area contributed by atoms with E-state index in [1.807, 2.05) is 85.8 Å². The summed E-state index contributed by atoms with van der Waals surface area (Å²) in [4.78, 5) is 44.3. The highest BCUT2D eigenvalue weighted by atomic mass is 35.5. The van der Waals surface area contributed by atoms with Gasteiger partial charge in [0.25, 0.3) is 11.8 Å². The zero-order valence-electron chi connectivity index (χ0n) is 25.9. The largest absolute Gasteiger partial charge is 0.361 e. The van der Waals surface area contributed by atoms with E-state index in [4.69, 9.17) is 11.6 Å². The summed E-state index contributed by atoms with van der Waals surface area (Å²) in [6.07, 6.45) is 3.45. The molecule has 1 unspecified atom stereocenters. The number of amides is 3. The molecule has 1 aromatic heterocycles. The van der Waals surface area contributed by atoms with Crippen LogP contribution in [-0.2, 0) is 9.59 Å². The number of carbonyl (C=O) groups is 3. The minimum absolute atomic E-state index is 0.0882. The van der Waals surface area contributed by atoms with Crippen LogP contribution in [0.1, 0.15) is 32.3 Å². The first-order valence-corrected chi connectivity index (χ1v) is 16.4. The van der Waals surface area contributed by atoms with Gasteiger partial charge in [0.05, 0.1) is 0 Å². The van der Waals surface area contributed by atoms with Crippen LogP contribution in [0.4, 0.5) is 11.4 Å².